The van der Waals surface area contributed by atoms with Gasteiger partial charge in [0.25, 0.3) is 5.91 Å². The van der Waals surface area contributed by atoms with Crippen LogP contribution in [-0.4, -0.2) is 56.7 Å². The molecule has 32 heavy (non-hydrogen) atoms. The Bertz CT molecular complexity index is 1170. The van der Waals surface area contributed by atoms with Gasteiger partial charge >= 0.3 is 0 Å². The molecular formula is C25H25N5OS. The van der Waals surface area contributed by atoms with Gasteiger partial charge in [-0.2, -0.15) is 5.10 Å². The first-order valence-corrected chi connectivity index (χ1v) is 11.8. The number of amides is 1. The maximum Gasteiger partial charge on any atom is 0.273 e. The number of para-hydroxylation sites is 1. The van der Waals surface area contributed by atoms with Gasteiger partial charge in [-0.1, -0.05) is 48.5 Å². The molecule has 3 heterocycles. The second kappa shape index (κ2) is 9.46. The number of carbonyl (C=O) groups is 1. The Balaban J connectivity index is 1.23. The summed E-state index contributed by atoms with van der Waals surface area (Å²) >= 11 is 1.49. The second-order valence-corrected chi connectivity index (χ2v) is 8.81. The van der Waals surface area contributed by atoms with Gasteiger partial charge in [0.15, 0.2) is 0 Å². The Labute approximate surface area is 191 Å². The van der Waals surface area contributed by atoms with Crippen LogP contribution in [0.2, 0.25) is 0 Å². The van der Waals surface area contributed by atoms with E-state index in [1.807, 2.05) is 57.6 Å². The zero-order valence-electron chi connectivity index (χ0n) is 17.8. The lowest BCUT2D eigenvalue weighted by Gasteiger charge is -2.21. The first-order chi connectivity index (χ1) is 15.8. The minimum Gasteiger partial charge on any atom is -0.336 e. The van der Waals surface area contributed by atoms with E-state index in [4.69, 9.17) is 0 Å². The predicted molar refractivity (Wildman–Crippen MR) is 127 cm³/mol. The van der Waals surface area contributed by atoms with Crippen LogP contribution in [-0.2, 0) is 6.54 Å². The fraction of sp³-hybridized carbons (Fsp3) is 0.240. The zero-order valence-corrected chi connectivity index (χ0v) is 18.6. The van der Waals surface area contributed by atoms with Crippen LogP contribution in [0.15, 0.2) is 78.4 Å². The highest BCUT2D eigenvalue weighted by molar-refractivity contribution is 7.13. The van der Waals surface area contributed by atoms with Gasteiger partial charge in [0, 0.05) is 49.9 Å². The van der Waals surface area contributed by atoms with Crippen LogP contribution in [0.3, 0.4) is 0 Å². The summed E-state index contributed by atoms with van der Waals surface area (Å²) in [5, 5.41) is 7.13. The van der Waals surface area contributed by atoms with E-state index in [0.717, 1.165) is 55.4 Å². The van der Waals surface area contributed by atoms with Gasteiger partial charge in [-0.05, 0) is 24.1 Å². The second-order valence-electron chi connectivity index (χ2n) is 7.95. The normalized spacial score (nSPS) is 14.9. The van der Waals surface area contributed by atoms with Crippen LogP contribution >= 0.6 is 11.3 Å². The molecule has 0 spiro atoms. The lowest BCUT2D eigenvalue weighted by Crippen LogP contribution is -2.35. The van der Waals surface area contributed by atoms with Crippen LogP contribution in [0, 0.1) is 0 Å². The standard InChI is InChI=1S/C25H25N5OS/c31-25(29-13-7-12-28(14-15-29)17-20-8-3-1-4-9-20)23-19-32-24(27-23)21-16-26-30(18-21)22-10-5-2-6-11-22/h1-6,8-11,16,18-19H,7,12-15,17H2. The number of benzene rings is 2. The average Bonchev–Trinajstić information content (AvgIpc) is 3.47. The number of thiazole rings is 1. The third kappa shape index (κ3) is 4.64. The molecule has 1 aliphatic rings. The lowest BCUT2D eigenvalue weighted by atomic mass is 10.2. The fourth-order valence-corrected chi connectivity index (χ4v) is 4.76. The summed E-state index contributed by atoms with van der Waals surface area (Å²) in [7, 11) is 0. The Hall–Kier alpha value is -3.29. The number of carbonyl (C=O) groups excluding carboxylic acids is 1. The van der Waals surface area contributed by atoms with Crippen molar-refractivity contribution in [2.45, 2.75) is 13.0 Å². The van der Waals surface area contributed by atoms with Crippen molar-refractivity contribution in [3.05, 3.63) is 89.7 Å². The summed E-state index contributed by atoms with van der Waals surface area (Å²) in [5.74, 6) is 0.0181. The molecule has 1 amide bonds. The maximum atomic E-state index is 13.1. The van der Waals surface area contributed by atoms with Crippen molar-refractivity contribution in [1.29, 1.82) is 0 Å². The highest BCUT2D eigenvalue weighted by Gasteiger charge is 2.23. The Morgan fingerprint density at radius 2 is 1.72 bits per heavy atom. The molecule has 162 valence electrons. The molecule has 0 N–H and O–H groups in total. The van der Waals surface area contributed by atoms with E-state index in [1.54, 1.807) is 6.20 Å². The highest BCUT2D eigenvalue weighted by Crippen LogP contribution is 2.25. The minimum atomic E-state index is 0.0181. The summed E-state index contributed by atoms with van der Waals surface area (Å²) < 4.78 is 1.83. The molecule has 0 unspecified atom stereocenters. The van der Waals surface area contributed by atoms with Gasteiger partial charge in [-0.25, -0.2) is 9.67 Å². The minimum absolute atomic E-state index is 0.0181. The molecule has 7 heteroatoms. The Morgan fingerprint density at radius 3 is 2.53 bits per heavy atom. The van der Waals surface area contributed by atoms with Crippen LogP contribution in [0.1, 0.15) is 22.5 Å². The van der Waals surface area contributed by atoms with Crippen molar-refractivity contribution < 1.29 is 4.79 Å². The molecule has 0 bridgehead atoms. The molecule has 1 fully saturated rings. The van der Waals surface area contributed by atoms with Gasteiger partial charge < -0.3 is 4.90 Å². The SMILES string of the molecule is O=C(c1csc(-c2cnn(-c3ccccc3)c2)n1)N1CCCN(Cc2ccccc2)CC1. The Morgan fingerprint density at radius 1 is 0.938 bits per heavy atom. The van der Waals surface area contributed by atoms with Gasteiger partial charge in [0.2, 0.25) is 0 Å². The van der Waals surface area contributed by atoms with Crippen molar-refractivity contribution >= 4 is 17.2 Å². The molecule has 0 radical (unpaired) electrons. The van der Waals surface area contributed by atoms with Crippen LogP contribution in [0.5, 0.6) is 0 Å². The van der Waals surface area contributed by atoms with Gasteiger partial charge in [-0.3, -0.25) is 9.69 Å². The highest BCUT2D eigenvalue weighted by atomic mass is 32.1. The molecule has 1 saturated heterocycles. The topological polar surface area (TPSA) is 54.3 Å². The number of aromatic nitrogens is 3. The molecule has 6 nitrogen and oxygen atoms in total. The van der Waals surface area contributed by atoms with Gasteiger partial charge in [-0.15, -0.1) is 11.3 Å². The summed E-state index contributed by atoms with van der Waals surface area (Å²) in [6.45, 7) is 4.30. The van der Waals surface area contributed by atoms with E-state index in [0.29, 0.717) is 5.69 Å². The first-order valence-electron chi connectivity index (χ1n) is 10.9. The molecule has 2 aromatic heterocycles. The fourth-order valence-electron chi connectivity index (χ4n) is 4.00. The van der Waals surface area contributed by atoms with E-state index < -0.39 is 0 Å². The van der Waals surface area contributed by atoms with E-state index in [-0.39, 0.29) is 5.91 Å². The monoisotopic (exact) mass is 443 g/mol. The lowest BCUT2D eigenvalue weighted by molar-refractivity contribution is 0.0756. The van der Waals surface area contributed by atoms with Gasteiger partial charge in [0.1, 0.15) is 10.7 Å². The van der Waals surface area contributed by atoms with Crippen molar-refractivity contribution in [3.8, 4) is 16.3 Å². The molecule has 1 aliphatic heterocycles. The van der Waals surface area contributed by atoms with E-state index >= 15 is 0 Å². The molecule has 2 aromatic carbocycles. The quantitative estimate of drug-likeness (QED) is 0.460. The molecule has 5 rings (SSSR count). The smallest absolute Gasteiger partial charge is 0.273 e. The van der Waals surface area contributed by atoms with Crippen LogP contribution in [0.25, 0.3) is 16.3 Å². The molecule has 4 aromatic rings. The summed E-state index contributed by atoms with van der Waals surface area (Å²) in [5.41, 5.74) is 3.75. The first kappa shape index (κ1) is 20.6. The molecule has 0 saturated carbocycles. The van der Waals surface area contributed by atoms with E-state index in [1.165, 1.54) is 16.9 Å². The summed E-state index contributed by atoms with van der Waals surface area (Å²) in [6, 6.07) is 20.5. The number of hydrogen-bond acceptors (Lipinski definition) is 5. The third-order valence-corrected chi connectivity index (χ3v) is 6.59. The maximum absolute atomic E-state index is 13.1. The Kier molecular flexibility index (Phi) is 6.09. The third-order valence-electron chi connectivity index (χ3n) is 5.70. The van der Waals surface area contributed by atoms with E-state index in [2.05, 4.69) is 39.2 Å². The predicted octanol–water partition coefficient (Wildman–Crippen LogP) is 4.34. The average molecular weight is 444 g/mol. The number of rotatable bonds is 5. The van der Waals surface area contributed by atoms with Crippen molar-refractivity contribution in [3.63, 3.8) is 0 Å². The van der Waals surface area contributed by atoms with E-state index in [9.17, 15) is 4.79 Å². The van der Waals surface area contributed by atoms with Gasteiger partial charge in [0.05, 0.1) is 11.9 Å². The summed E-state index contributed by atoms with van der Waals surface area (Å²) in [6.07, 6.45) is 4.72. The molecule has 0 aliphatic carbocycles. The van der Waals surface area contributed by atoms with Crippen LogP contribution in [0.4, 0.5) is 0 Å². The zero-order chi connectivity index (χ0) is 21.8. The largest absolute Gasteiger partial charge is 0.336 e. The molecule has 0 atom stereocenters. The van der Waals surface area contributed by atoms with Crippen LogP contribution < -0.4 is 0 Å². The summed E-state index contributed by atoms with van der Waals surface area (Å²) in [4.78, 5) is 22.1. The number of hydrogen-bond donors (Lipinski definition) is 0. The number of nitrogens with zero attached hydrogens (tertiary/aromatic N) is 5. The van der Waals surface area contributed by atoms with Crippen molar-refractivity contribution in [1.82, 2.24) is 24.6 Å². The van der Waals surface area contributed by atoms with Crippen molar-refractivity contribution in [2.75, 3.05) is 26.2 Å². The van der Waals surface area contributed by atoms with Crippen molar-refractivity contribution in [2.24, 2.45) is 0 Å². The molecular weight excluding hydrogens is 418 g/mol.